The third-order valence-corrected chi connectivity index (χ3v) is 5.98. The Kier molecular flexibility index (Phi) is 7.30. The lowest BCUT2D eigenvalue weighted by molar-refractivity contribution is -0.130. The van der Waals surface area contributed by atoms with Gasteiger partial charge in [0.2, 0.25) is 5.91 Å². The summed E-state index contributed by atoms with van der Waals surface area (Å²) in [6.07, 6.45) is 3.49. The normalized spacial score (nSPS) is 10.5. The second-order valence-electron chi connectivity index (χ2n) is 7.59. The molecule has 1 aromatic carbocycles. The number of carbonyl (C=O) groups excluding carboxylic acids is 2. The zero-order valence-electron chi connectivity index (χ0n) is 18.8. The highest BCUT2D eigenvalue weighted by Crippen LogP contribution is 2.29. The van der Waals surface area contributed by atoms with Crippen LogP contribution in [0.4, 0.5) is 16.6 Å². The standard InChI is InChI=1S/C22H25N7O3S/c1-13-6-7-16(30)15(3)19(13)25-21(32)17-10-24-22(33-17)26-20-14(2)11-29(27-20)12-18(31)28(4)9-5-8-23/h6-7,10-11,30H,5,9,12H2,1-4H3,(H,25,32)(H,24,26,27). The number of nitrogens with one attached hydrogen (secondary N) is 2. The van der Waals surface area contributed by atoms with Crippen LogP contribution in [-0.2, 0) is 11.3 Å². The van der Waals surface area contributed by atoms with Gasteiger partial charge in [0.25, 0.3) is 5.91 Å². The Labute approximate surface area is 195 Å². The lowest BCUT2D eigenvalue weighted by Crippen LogP contribution is -2.31. The van der Waals surface area contributed by atoms with Crippen LogP contribution in [0.1, 0.15) is 32.8 Å². The fraction of sp³-hybridized carbons (Fsp3) is 0.318. The number of aryl methyl sites for hydroxylation is 2. The molecule has 0 radical (unpaired) electrons. The summed E-state index contributed by atoms with van der Waals surface area (Å²) in [5.41, 5.74) is 2.83. The van der Waals surface area contributed by atoms with Crippen molar-refractivity contribution in [3.8, 4) is 11.8 Å². The Balaban J connectivity index is 1.66. The Hall–Kier alpha value is -3.91. The van der Waals surface area contributed by atoms with Crippen LogP contribution in [0.3, 0.4) is 0 Å². The fourth-order valence-corrected chi connectivity index (χ4v) is 3.78. The number of benzene rings is 1. The summed E-state index contributed by atoms with van der Waals surface area (Å²) in [4.78, 5) is 31.1. The highest BCUT2D eigenvalue weighted by molar-refractivity contribution is 7.17. The molecule has 2 heterocycles. The highest BCUT2D eigenvalue weighted by Gasteiger charge is 2.17. The van der Waals surface area contributed by atoms with Gasteiger partial charge in [-0.15, -0.1) is 0 Å². The van der Waals surface area contributed by atoms with E-state index in [2.05, 4.69) is 20.7 Å². The van der Waals surface area contributed by atoms with Gasteiger partial charge in [0.1, 0.15) is 17.2 Å². The third-order valence-electron chi connectivity index (χ3n) is 5.06. The van der Waals surface area contributed by atoms with Gasteiger partial charge in [-0.2, -0.15) is 10.4 Å². The Bertz CT molecular complexity index is 1230. The number of aromatic hydroxyl groups is 1. The number of likely N-dealkylation sites (N-methyl/N-ethyl adjacent to an activating group) is 1. The van der Waals surface area contributed by atoms with Crippen LogP contribution in [-0.4, -0.2) is 50.2 Å². The lowest BCUT2D eigenvalue weighted by atomic mass is 10.1. The first-order valence-electron chi connectivity index (χ1n) is 10.2. The largest absolute Gasteiger partial charge is 0.508 e. The van der Waals surface area contributed by atoms with Crippen molar-refractivity contribution < 1.29 is 14.7 Å². The number of amides is 2. The van der Waals surface area contributed by atoms with Gasteiger partial charge in [-0.05, 0) is 32.4 Å². The summed E-state index contributed by atoms with van der Waals surface area (Å²) in [7, 11) is 1.65. The highest BCUT2D eigenvalue weighted by atomic mass is 32.1. The molecule has 33 heavy (non-hydrogen) atoms. The molecular formula is C22H25N7O3S. The van der Waals surface area contributed by atoms with Gasteiger partial charge in [0, 0.05) is 30.9 Å². The van der Waals surface area contributed by atoms with Gasteiger partial charge < -0.3 is 20.6 Å². The Morgan fingerprint density at radius 1 is 1.27 bits per heavy atom. The van der Waals surface area contributed by atoms with E-state index in [1.807, 2.05) is 19.9 Å². The second-order valence-corrected chi connectivity index (χ2v) is 8.62. The van der Waals surface area contributed by atoms with Gasteiger partial charge >= 0.3 is 0 Å². The van der Waals surface area contributed by atoms with Crippen molar-refractivity contribution in [3.63, 3.8) is 0 Å². The molecule has 2 aromatic heterocycles. The number of thiazole rings is 1. The number of phenols is 1. The Morgan fingerprint density at radius 3 is 2.76 bits per heavy atom. The van der Waals surface area contributed by atoms with Gasteiger partial charge in [-0.25, -0.2) is 4.98 Å². The molecule has 0 unspecified atom stereocenters. The van der Waals surface area contributed by atoms with Crippen LogP contribution >= 0.6 is 11.3 Å². The summed E-state index contributed by atoms with van der Waals surface area (Å²) in [6, 6.07) is 5.35. The van der Waals surface area contributed by atoms with Crippen LogP contribution in [0, 0.1) is 32.1 Å². The average molecular weight is 468 g/mol. The van der Waals surface area contributed by atoms with Crippen molar-refractivity contribution in [3.05, 3.63) is 46.1 Å². The first-order chi connectivity index (χ1) is 15.7. The van der Waals surface area contributed by atoms with Crippen LogP contribution in [0.15, 0.2) is 24.5 Å². The number of hydrogen-bond acceptors (Lipinski definition) is 8. The predicted octanol–water partition coefficient (Wildman–Crippen LogP) is 3.34. The van der Waals surface area contributed by atoms with Crippen molar-refractivity contribution in [1.29, 1.82) is 5.26 Å². The van der Waals surface area contributed by atoms with E-state index in [-0.39, 0.29) is 30.5 Å². The van der Waals surface area contributed by atoms with Crippen molar-refractivity contribution in [2.45, 2.75) is 33.7 Å². The zero-order valence-corrected chi connectivity index (χ0v) is 19.7. The number of hydrogen-bond donors (Lipinski definition) is 3. The zero-order chi connectivity index (χ0) is 24.1. The average Bonchev–Trinajstić information content (AvgIpc) is 3.38. The molecule has 10 nitrogen and oxygen atoms in total. The number of nitriles is 1. The lowest BCUT2D eigenvalue weighted by Gasteiger charge is -2.15. The van der Waals surface area contributed by atoms with Gasteiger partial charge in [-0.3, -0.25) is 14.3 Å². The molecule has 11 heteroatoms. The van der Waals surface area contributed by atoms with Crippen molar-refractivity contribution in [2.75, 3.05) is 24.2 Å². The van der Waals surface area contributed by atoms with Crippen molar-refractivity contribution in [2.24, 2.45) is 0 Å². The molecule has 172 valence electrons. The molecule has 0 saturated heterocycles. The van der Waals surface area contributed by atoms with Crippen molar-refractivity contribution >= 4 is 39.8 Å². The maximum Gasteiger partial charge on any atom is 0.267 e. The molecule has 0 fully saturated rings. The fourth-order valence-electron chi connectivity index (χ4n) is 3.07. The van der Waals surface area contributed by atoms with E-state index in [1.165, 1.54) is 27.1 Å². The number of anilines is 3. The number of carbonyl (C=O) groups is 2. The summed E-state index contributed by atoms with van der Waals surface area (Å²) < 4.78 is 1.53. The molecule has 0 aliphatic carbocycles. The van der Waals surface area contributed by atoms with Crippen LogP contribution in [0.25, 0.3) is 0 Å². The Morgan fingerprint density at radius 2 is 2.03 bits per heavy atom. The van der Waals surface area contributed by atoms with Crippen LogP contribution in [0.2, 0.25) is 0 Å². The smallest absolute Gasteiger partial charge is 0.267 e. The number of phenolic OH excluding ortho intramolecular Hbond substituents is 1. The summed E-state index contributed by atoms with van der Waals surface area (Å²) in [5.74, 6) is 0.169. The summed E-state index contributed by atoms with van der Waals surface area (Å²) in [6.45, 7) is 5.87. The van der Waals surface area contributed by atoms with Crippen LogP contribution in [0.5, 0.6) is 5.75 Å². The molecule has 0 bridgehead atoms. The quantitative estimate of drug-likeness (QED) is 0.462. The van der Waals surface area contributed by atoms with Gasteiger partial charge in [0.15, 0.2) is 10.9 Å². The number of aromatic nitrogens is 3. The molecular weight excluding hydrogens is 442 g/mol. The maximum atomic E-state index is 12.7. The molecule has 0 aliphatic heterocycles. The molecule has 0 aliphatic rings. The van der Waals surface area contributed by atoms with E-state index in [0.29, 0.717) is 33.6 Å². The molecule has 2 amide bonds. The van der Waals surface area contributed by atoms with E-state index in [0.717, 1.165) is 11.1 Å². The van der Waals surface area contributed by atoms with E-state index in [1.54, 1.807) is 32.3 Å². The molecule has 0 spiro atoms. The van der Waals surface area contributed by atoms with Gasteiger partial charge in [0.05, 0.1) is 24.4 Å². The minimum atomic E-state index is -0.328. The monoisotopic (exact) mass is 467 g/mol. The number of nitrogens with zero attached hydrogens (tertiary/aromatic N) is 5. The predicted molar refractivity (Wildman–Crippen MR) is 126 cm³/mol. The summed E-state index contributed by atoms with van der Waals surface area (Å²) >= 11 is 1.17. The van der Waals surface area contributed by atoms with E-state index in [4.69, 9.17) is 5.26 Å². The SMILES string of the molecule is Cc1cn(CC(=O)N(C)CCC#N)nc1Nc1ncc(C(=O)Nc2c(C)ccc(O)c2C)s1. The topological polar surface area (TPSA) is 136 Å². The van der Waals surface area contributed by atoms with Crippen LogP contribution < -0.4 is 10.6 Å². The minimum Gasteiger partial charge on any atom is -0.508 e. The molecule has 3 aromatic rings. The maximum absolute atomic E-state index is 12.7. The minimum absolute atomic E-state index is 0.0542. The van der Waals surface area contributed by atoms with E-state index < -0.39 is 0 Å². The molecule has 0 saturated carbocycles. The molecule has 3 rings (SSSR count). The third kappa shape index (κ3) is 5.67. The van der Waals surface area contributed by atoms with E-state index in [9.17, 15) is 14.7 Å². The summed E-state index contributed by atoms with van der Waals surface area (Å²) in [5, 5.41) is 29.4. The van der Waals surface area contributed by atoms with E-state index >= 15 is 0 Å². The van der Waals surface area contributed by atoms with Crippen molar-refractivity contribution in [1.82, 2.24) is 19.7 Å². The molecule has 3 N–H and O–H groups in total. The number of rotatable bonds is 8. The second kappa shape index (κ2) is 10.1. The van der Waals surface area contributed by atoms with Gasteiger partial charge in [-0.1, -0.05) is 17.4 Å². The molecule has 0 atom stereocenters. The first-order valence-corrected chi connectivity index (χ1v) is 11.0. The first kappa shape index (κ1) is 23.7.